The number of methoxy groups -OCH3 is 2. The standard InChI is InChI=1S/C25H30N4O4/c1-16-5-6-18(11-17(16)2)23-24(31)28-25(27-23)7-9-29(10-8-25)15-22(30)26-19-12-20(32-3)14-21(13-19)33-4/h5-6,11-14H,7-10,15H2,1-4H3,(H,26,30)(H,28,31). The van der Waals surface area contributed by atoms with E-state index < -0.39 is 5.66 Å². The first-order chi connectivity index (χ1) is 15.8. The molecule has 1 saturated heterocycles. The summed E-state index contributed by atoms with van der Waals surface area (Å²) in [5.41, 5.74) is 3.71. The summed E-state index contributed by atoms with van der Waals surface area (Å²) in [6.07, 6.45) is 1.32. The monoisotopic (exact) mass is 450 g/mol. The topological polar surface area (TPSA) is 92.3 Å². The summed E-state index contributed by atoms with van der Waals surface area (Å²) >= 11 is 0. The van der Waals surface area contributed by atoms with Crippen LogP contribution in [0.2, 0.25) is 0 Å². The molecule has 0 aromatic heterocycles. The largest absolute Gasteiger partial charge is 0.497 e. The minimum Gasteiger partial charge on any atom is -0.497 e. The molecule has 174 valence electrons. The van der Waals surface area contributed by atoms with Crippen LogP contribution < -0.4 is 20.1 Å². The smallest absolute Gasteiger partial charge is 0.272 e. The first-order valence-electron chi connectivity index (χ1n) is 11.1. The highest BCUT2D eigenvalue weighted by Gasteiger charge is 2.42. The van der Waals surface area contributed by atoms with Gasteiger partial charge in [0, 0.05) is 55.4 Å². The Morgan fingerprint density at radius 1 is 1.06 bits per heavy atom. The normalized spacial score (nSPS) is 17.5. The van der Waals surface area contributed by atoms with E-state index in [0.717, 1.165) is 11.1 Å². The van der Waals surface area contributed by atoms with Crippen molar-refractivity contribution in [2.45, 2.75) is 32.4 Å². The number of amides is 2. The Bertz CT molecular complexity index is 1080. The molecular weight excluding hydrogens is 420 g/mol. The van der Waals surface area contributed by atoms with Crippen LogP contribution in [0.3, 0.4) is 0 Å². The van der Waals surface area contributed by atoms with Crippen molar-refractivity contribution in [2.24, 2.45) is 4.99 Å². The Kier molecular flexibility index (Phi) is 6.37. The molecule has 1 spiro atoms. The van der Waals surface area contributed by atoms with E-state index >= 15 is 0 Å². The Labute approximate surface area is 194 Å². The SMILES string of the molecule is COc1cc(NC(=O)CN2CCC3(CC2)N=C(c2ccc(C)c(C)c2)C(=O)N3)cc(OC)c1. The number of carbonyl (C=O) groups excluding carboxylic acids is 2. The second-order valence-corrected chi connectivity index (χ2v) is 8.67. The molecule has 8 heteroatoms. The zero-order chi connectivity index (χ0) is 23.6. The molecule has 0 radical (unpaired) electrons. The number of aliphatic imine (C=N–C) groups is 1. The highest BCUT2D eigenvalue weighted by molar-refractivity contribution is 6.46. The van der Waals surface area contributed by atoms with E-state index in [4.69, 9.17) is 14.5 Å². The van der Waals surface area contributed by atoms with Gasteiger partial charge in [-0.2, -0.15) is 0 Å². The number of carbonyl (C=O) groups is 2. The lowest BCUT2D eigenvalue weighted by molar-refractivity contribution is -0.119. The number of nitrogens with one attached hydrogen (secondary N) is 2. The summed E-state index contributed by atoms with van der Waals surface area (Å²) in [6, 6.07) is 11.2. The Morgan fingerprint density at radius 2 is 1.73 bits per heavy atom. The van der Waals surface area contributed by atoms with Gasteiger partial charge in [0.15, 0.2) is 0 Å². The molecule has 2 heterocycles. The molecule has 0 aliphatic carbocycles. The molecule has 2 aliphatic rings. The van der Waals surface area contributed by atoms with Crippen LogP contribution in [0.25, 0.3) is 0 Å². The molecule has 33 heavy (non-hydrogen) atoms. The number of hydrogen-bond acceptors (Lipinski definition) is 6. The molecule has 2 N–H and O–H groups in total. The zero-order valence-electron chi connectivity index (χ0n) is 19.5. The number of ether oxygens (including phenoxy) is 2. The minimum absolute atomic E-state index is 0.115. The van der Waals surface area contributed by atoms with Crippen molar-refractivity contribution in [3.63, 3.8) is 0 Å². The van der Waals surface area contributed by atoms with Gasteiger partial charge in [-0.1, -0.05) is 12.1 Å². The van der Waals surface area contributed by atoms with Crippen LogP contribution in [-0.4, -0.2) is 61.9 Å². The van der Waals surface area contributed by atoms with E-state index in [0.29, 0.717) is 48.8 Å². The average molecular weight is 451 g/mol. The number of likely N-dealkylation sites (tertiary alicyclic amines) is 1. The highest BCUT2D eigenvalue weighted by atomic mass is 16.5. The first kappa shape index (κ1) is 22.8. The number of nitrogens with zero attached hydrogens (tertiary/aromatic N) is 2. The third kappa shape index (κ3) is 5.01. The molecule has 0 unspecified atom stereocenters. The second kappa shape index (κ2) is 9.23. The van der Waals surface area contributed by atoms with Crippen LogP contribution in [0.15, 0.2) is 41.4 Å². The van der Waals surface area contributed by atoms with Crippen molar-refractivity contribution >= 4 is 23.2 Å². The van der Waals surface area contributed by atoms with Crippen LogP contribution in [0, 0.1) is 13.8 Å². The first-order valence-corrected chi connectivity index (χ1v) is 11.1. The predicted molar refractivity (Wildman–Crippen MR) is 127 cm³/mol. The third-order valence-corrected chi connectivity index (χ3v) is 6.35. The molecule has 0 bridgehead atoms. The second-order valence-electron chi connectivity index (χ2n) is 8.67. The van der Waals surface area contributed by atoms with Crippen molar-refractivity contribution in [3.05, 3.63) is 53.1 Å². The molecule has 2 aliphatic heterocycles. The van der Waals surface area contributed by atoms with E-state index in [1.54, 1.807) is 32.4 Å². The van der Waals surface area contributed by atoms with E-state index in [-0.39, 0.29) is 18.4 Å². The molecule has 8 nitrogen and oxygen atoms in total. The fourth-order valence-corrected chi connectivity index (χ4v) is 4.25. The predicted octanol–water partition coefficient (Wildman–Crippen LogP) is 2.67. The van der Waals surface area contributed by atoms with Gasteiger partial charge in [0.1, 0.15) is 22.9 Å². The van der Waals surface area contributed by atoms with Crippen molar-refractivity contribution < 1.29 is 19.1 Å². The number of aryl methyl sites for hydroxylation is 2. The maximum atomic E-state index is 12.7. The Hall–Kier alpha value is -3.39. The number of piperidine rings is 1. The quantitative estimate of drug-likeness (QED) is 0.706. The van der Waals surface area contributed by atoms with Crippen molar-refractivity contribution in [2.75, 3.05) is 39.2 Å². The van der Waals surface area contributed by atoms with Gasteiger partial charge in [-0.3, -0.25) is 19.5 Å². The van der Waals surface area contributed by atoms with E-state index in [9.17, 15) is 9.59 Å². The summed E-state index contributed by atoms with van der Waals surface area (Å²) < 4.78 is 10.5. The third-order valence-electron chi connectivity index (χ3n) is 6.35. The minimum atomic E-state index is -0.585. The number of hydrogen-bond donors (Lipinski definition) is 2. The Balaban J connectivity index is 1.37. The number of anilines is 1. The van der Waals surface area contributed by atoms with Crippen LogP contribution in [0.4, 0.5) is 5.69 Å². The highest BCUT2D eigenvalue weighted by Crippen LogP contribution is 2.30. The lowest BCUT2D eigenvalue weighted by Crippen LogP contribution is -2.52. The van der Waals surface area contributed by atoms with Gasteiger partial charge in [-0.15, -0.1) is 0 Å². The molecule has 4 rings (SSSR count). The maximum Gasteiger partial charge on any atom is 0.272 e. The summed E-state index contributed by atoms with van der Waals surface area (Å²) in [6.45, 7) is 5.68. The molecule has 2 amide bonds. The molecule has 0 saturated carbocycles. The van der Waals surface area contributed by atoms with Crippen molar-refractivity contribution in [1.29, 1.82) is 0 Å². The fraction of sp³-hybridized carbons (Fsp3) is 0.400. The van der Waals surface area contributed by atoms with Gasteiger partial charge in [0.2, 0.25) is 5.91 Å². The summed E-state index contributed by atoms with van der Waals surface area (Å²) in [7, 11) is 3.14. The van der Waals surface area contributed by atoms with Crippen LogP contribution in [-0.2, 0) is 9.59 Å². The van der Waals surface area contributed by atoms with Crippen LogP contribution >= 0.6 is 0 Å². The molecule has 2 aromatic rings. The van der Waals surface area contributed by atoms with Gasteiger partial charge in [0.05, 0.1) is 20.8 Å². The van der Waals surface area contributed by atoms with Crippen LogP contribution in [0.5, 0.6) is 11.5 Å². The number of rotatable bonds is 6. The molecular formula is C25H30N4O4. The van der Waals surface area contributed by atoms with E-state index in [1.807, 2.05) is 32.0 Å². The van der Waals surface area contributed by atoms with Crippen molar-refractivity contribution in [1.82, 2.24) is 10.2 Å². The molecule has 1 fully saturated rings. The summed E-state index contributed by atoms with van der Waals surface area (Å²) in [5.74, 6) is 0.977. The van der Waals surface area contributed by atoms with Crippen molar-refractivity contribution in [3.8, 4) is 11.5 Å². The van der Waals surface area contributed by atoms with Gasteiger partial charge in [-0.25, -0.2) is 0 Å². The zero-order valence-corrected chi connectivity index (χ0v) is 19.5. The van der Waals surface area contributed by atoms with Gasteiger partial charge >= 0.3 is 0 Å². The summed E-state index contributed by atoms with van der Waals surface area (Å²) in [5, 5.41) is 6.00. The summed E-state index contributed by atoms with van der Waals surface area (Å²) in [4.78, 5) is 32.2. The Morgan fingerprint density at radius 3 is 2.33 bits per heavy atom. The molecule has 2 aromatic carbocycles. The lowest BCUT2D eigenvalue weighted by Gasteiger charge is -2.36. The van der Waals surface area contributed by atoms with Crippen LogP contribution in [0.1, 0.15) is 29.5 Å². The molecule has 0 atom stereocenters. The van der Waals surface area contributed by atoms with Gasteiger partial charge in [-0.05, 0) is 31.0 Å². The lowest BCUT2D eigenvalue weighted by atomic mass is 9.98. The van der Waals surface area contributed by atoms with E-state index in [2.05, 4.69) is 15.5 Å². The fourth-order valence-electron chi connectivity index (χ4n) is 4.25. The maximum absolute atomic E-state index is 12.7. The van der Waals surface area contributed by atoms with Gasteiger partial charge < -0.3 is 20.1 Å². The van der Waals surface area contributed by atoms with Gasteiger partial charge in [0.25, 0.3) is 5.91 Å². The average Bonchev–Trinajstić information content (AvgIpc) is 3.12. The number of benzene rings is 2. The van der Waals surface area contributed by atoms with E-state index in [1.165, 1.54) is 5.56 Å².